The van der Waals surface area contributed by atoms with Gasteiger partial charge in [0.15, 0.2) is 0 Å². The number of carboxylic acid groups (broad SMARTS) is 1. The lowest BCUT2D eigenvalue weighted by molar-refractivity contribution is 0.0696. The van der Waals surface area contributed by atoms with Crippen molar-refractivity contribution in [3.05, 3.63) is 40.6 Å². The van der Waals surface area contributed by atoms with Crippen LogP contribution >= 0.6 is 15.9 Å². The van der Waals surface area contributed by atoms with Gasteiger partial charge in [-0.1, -0.05) is 6.07 Å². The third-order valence-corrected chi connectivity index (χ3v) is 3.18. The highest BCUT2D eigenvalue weighted by atomic mass is 79.9. The molecule has 0 radical (unpaired) electrons. The van der Waals surface area contributed by atoms with Crippen LogP contribution in [0.15, 0.2) is 35.1 Å². The molecule has 2 aromatic rings. The minimum absolute atomic E-state index is 0.256. The molecule has 0 saturated carbocycles. The SMILES string of the molecule is CCn1cc(-c2ccc(Br)c(C(=O)O)c2)cn1. The lowest BCUT2D eigenvalue weighted by atomic mass is 10.1. The summed E-state index contributed by atoms with van der Waals surface area (Å²) in [6, 6.07) is 5.25. The highest BCUT2D eigenvalue weighted by molar-refractivity contribution is 9.10. The fourth-order valence-corrected chi connectivity index (χ4v) is 1.97. The van der Waals surface area contributed by atoms with E-state index in [4.69, 9.17) is 5.11 Å². The molecule has 1 N–H and O–H groups in total. The summed E-state index contributed by atoms with van der Waals surface area (Å²) < 4.78 is 2.38. The second-order valence-corrected chi connectivity index (χ2v) is 4.44. The average Bonchev–Trinajstić information content (AvgIpc) is 2.78. The minimum Gasteiger partial charge on any atom is -0.478 e. The van der Waals surface area contributed by atoms with Gasteiger partial charge in [-0.2, -0.15) is 5.10 Å². The molecule has 0 aliphatic carbocycles. The first-order chi connectivity index (χ1) is 8.11. The van der Waals surface area contributed by atoms with Crippen LogP contribution < -0.4 is 0 Å². The number of hydrogen-bond acceptors (Lipinski definition) is 2. The summed E-state index contributed by atoms with van der Waals surface area (Å²) in [5, 5.41) is 13.2. The molecular weight excluding hydrogens is 284 g/mol. The van der Waals surface area contributed by atoms with Crippen LogP contribution in [0, 0.1) is 0 Å². The van der Waals surface area contributed by atoms with Gasteiger partial charge in [0.25, 0.3) is 0 Å². The molecule has 0 amide bonds. The van der Waals surface area contributed by atoms with E-state index in [-0.39, 0.29) is 5.56 Å². The summed E-state index contributed by atoms with van der Waals surface area (Å²) >= 11 is 3.22. The van der Waals surface area contributed by atoms with E-state index in [1.807, 2.05) is 19.2 Å². The second-order valence-electron chi connectivity index (χ2n) is 3.58. The molecule has 17 heavy (non-hydrogen) atoms. The summed E-state index contributed by atoms with van der Waals surface area (Å²) in [7, 11) is 0. The number of aryl methyl sites for hydroxylation is 1. The van der Waals surface area contributed by atoms with Crippen molar-refractivity contribution in [1.82, 2.24) is 9.78 Å². The van der Waals surface area contributed by atoms with Crippen molar-refractivity contribution in [1.29, 1.82) is 0 Å². The minimum atomic E-state index is -0.943. The molecule has 2 rings (SSSR count). The van der Waals surface area contributed by atoms with E-state index < -0.39 is 5.97 Å². The standard InChI is InChI=1S/C12H11BrN2O2/c1-2-15-7-9(6-14-15)8-3-4-11(13)10(5-8)12(16)17/h3-7H,2H2,1H3,(H,16,17). The summed E-state index contributed by atoms with van der Waals surface area (Å²) in [5.74, 6) is -0.943. The number of carbonyl (C=O) groups is 1. The van der Waals surface area contributed by atoms with Crippen molar-refractivity contribution < 1.29 is 9.90 Å². The Bertz CT molecular complexity index is 563. The zero-order valence-corrected chi connectivity index (χ0v) is 10.8. The van der Waals surface area contributed by atoms with Gasteiger partial charge in [0, 0.05) is 22.8 Å². The van der Waals surface area contributed by atoms with E-state index in [2.05, 4.69) is 21.0 Å². The van der Waals surface area contributed by atoms with Gasteiger partial charge < -0.3 is 5.11 Å². The molecule has 5 heteroatoms. The Labute approximate surface area is 107 Å². The molecular formula is C12H11BrN2O2. The smallest absolute Gasteiger partial charge is 0.336 e. The molecule has 0 unspecified atom stereocenters. The maximum atomic E-state index is 11.0. The molecule has 0 aliphatic heterocycles. The van der Waals surface area contributed by atoms with Crippen LogP contribution in [0.3, 0.4) is 0 Å². The van der Waals surface area contributed by atoms with Crippen LogP contribution in [0.4, 0.5) is 0 Å². The first-order valence-electron chi connectivity index (χ1n) is 5.17. The van der Waals surface area contributed by atoms with Crippen molar-refractivity contribution in [3.8, 4) is 11.1 Å². The molecule has 0 atom stereocenters. The summed E-state index contributed by atoms with van der Waals surface area (Å²) in [5.41, 5.74) is 2.03. The van der Waals surface area contributed by atoms with E-state index in [1.54, 1.807) is 23.0 Å². The third-order valence-electron chi connectivity index (χ3n) is 2.49. The van der Waals surface area contributed by atoms with Crippen LogP contribution in [0.2, 0.25) is 0 Å². The van der Waals surface area contributed by atoms with E-state index in [9.17, 15) is 4.79 Å². The van der Waals surface area contributed by atoms with E-state index in [1.165, 1.54) is 0 Å². The topological polar surface area (TPSA) is 55.1 Å². The third kappa shape index (κ3) is 2.39. The fourth-order valence-electron chi connectivity index (χ4n) is 1.55. The zero-order chi connectivity index (χ0) is 12.4. The number of halogens is 1. The highest BCUT2D eigenvalue weighted by Gasteiger charge is 2.10. The van der Waals surface area contributed by atoms with Crippen molar-refractivity contribution in [2.75, 3.05) is 0 Å². The number of benzene rings is 1. The number of carboxylic acids is 1. The number of aromatic nitrogens is 2. The van der Waals surface area contributed by atoms with Crippen LogP contribution in [0.25, 0.3) is 11.1 Å². The zero-order valence-electron chi connectivity index (χ0n) is 9.22. The van der Waals surface area contributed by atoms with Gasteiger partial charge in [0.1, 0.15) is 0 Å². The number of aromatic carboxylic acids is 1. The maximum absolute atomic E-state index is 11.0. The first kappa shape index (κ1) is 11.9. The van der Waals surface area contributed by atoms with Gasteiger partial charge in [0.2, 0.25) is 0 Å². The summed E-state index contributed by atoms with van der Waals surface area (Å²) in [6.07, 6.45) is 3.63. The molecule has 0 saturated heterocycles. The van der Waals surface area contributed by atoms with Crippen molar-refractivity contribution >= 4 is 21.9 Å². The molecule has 0 aliphatic rings. The van der Waals surface area contributed by atoms with Crippen LogP contribution in [0.5, 0.6) is 0 Å². The highest BCUT2D eigenvalue weighted by Crippen LogP contribution is 2.25. The van der Waals surface area contributed by atoms with Crippen LogP contribution in [-0.2, 0) is 6.54 Å². The first-order valence-corrected chi connectivity index (χ1v) is 5.96. The number of nitrogens with zero attached hydrogens (tertiary/aromatic N) is 2. The van der Waals surface area contributed by atoms with E-state index in [0.29, 0.717) is 4.47 Å². The van der Waals surface area contributed by atoms with Gasteiger partial charge in [-0.25, -0.2) is 4.79 Å². The Morgan fingerprint density at radius 3 is 2.82 bits per heavy atom. The van der Waals surface area contributed by atoms with Gasteiger partial charge in [-0.3, -0.25) is 4.68 Å². The monoisotopic (exact) mass is 294 g/mol. The Balaban J connectivity index is 2.46. The average molecular weight is 295 g/mol. The van der Waals surface area contributed by atoms with E-state index >= 15 is 0 Å². The van der Waals surface area contributed by atoms with Crippen molar-refractivity contribution in [2.45, 2.75) is 13.5 Å². The maximum Gasteiger partial charge on any atom is 0.336 e. The summed E-state index contributed by atoms with van der Waals surface area (Å²) in [4.78, 5) is 11.0. The Morgan fingerprint density at radius 2 is 2.24 bits per heavy atom. The molecule has 1 aromatic heterocycles. The summed E-state index contributed by atoms with van der Waals surface area (Å²) in [6.45, 7) is 2.79. The van der Waals surface area contributed by atoms with Gasteiger partial charge >= 0.3 is 5.97 Å². The number of hydrogen-bond donors (Lipinski definition) is 1. The Kier molecular flexibility index (Phi) is 3.28. The Morgan fingerprint density at radius 1 is 1.47 bits per heavy atom. The molecule has 0 spiro atoms. The fraction of sp³-hybridized carbons (Fsp3) is 0.167. The quantitative estimate of drug-likeness (QED) is 0.947. The largest absolute Gasteiger partial charge is 0.478 e. The predicted octanol–water partition coefficient (Wildman–Crippen LogP) is 3.03. The number of rotatable bonds is 3. The normalized spacial score (nSPS) is 10.5. The molecule has 0 fully saturated rings. The van der Waals surface area contributed by atoms with Crippen LogP contribution in [-0.4, -0.2) is 20.9 Å². The van der Waals surface area contributed by atoms with E-state index in [0.717, 1.165) is 17.7 Å². The molecule has 4 nitrogen and oxygen atoms in total. The molecule has 0 bridgehead atoms. The molecule has 1 heterocycles. The predicted molar refractivity (Wildman–Crippen MR) is 68.0 cm³/mol. The van der Waals surface area contributed by atoms with Crippen LogP contribution in [0.1, 0.15) is 17.3 Å². The Hall–Kier alpha value is -1.62. The van der Waals surface area contributed by atoms with Gasteiger partial charge in [-0.05, 0) is 40.5 Å². The van der Waals surface area contributed by atoms with Crippen molar-refractivity contribution in [3.63, 3.8) is 0 Å². The van der Waals surface area contributed by atoms with Gasteiger partial charge in [0.05, 0.1) is 11.8 Å². The second kappa shape index (κ2) is 4.71. The van der Waals surface area contributed by atoms with Gasteiger partial charge in [-0.15, -0.1) is 0 Å². The van der Waals surface area contributed by atoms with Crippen molar-refractivity contribution in [2.24, 2.45) is 0 Å². The molecule has 1 aromatic carbocycles. The molecule has 88 valence electrons. The lowest BCUT2D eigenvalue weighted by Gasteiger charge is -2.02. The lowest BCUT2D eigenvalue weighted by Crippen LogP contribution is -1.97.